The van der Waals surface area contributed by atoms with Gasteiger partial charge >= 0.3 is 5.97 Å². The van der Waals surface area contributed by atoms with Gasteiger partial charge in [0, 0.05) is 6.54 Å². The average Bonchev–Trinajstić information content (AvgIpc) is 2.42. The van der Waals surface area contributed by atoms with E-state index in [-0.39, 0.29) is 19.7 Å². The number of amides is 1. The van der Waals surface area contributed by atoms with Crippen LogP contribution in [0.3, 0.4) is 0 Å². The molecular weight excluding hydrogens is 282 g/mol. The Kier molecular flexibility index (Phi) is 6.08. The number of rotatable bonds is 6. The van der Waals surface area contributed by atoms with Gasteiger partial charge in [-0.25, -0.2) is 8.78 Å². The number of nitrogens with zero attached hydrogens (tertiary/aromatic N) is 1. The molecule has 2 N–H and O–H groups in total. The Morgan fingerprint density at radius 1 is 1.29 bits per heavy atom. The number of benzene rings is 1. The quantitative estimate of drug-likeness (QED) is 0.644. The maximum atomic E-state index is 13.9. The number of carbonyl (C=O) groups is 2. The lowest BCUT2D eigenvalue weighted by atomic mass is 10.1. The molecule has 0 radical (unpaired) electrons. The summed E-state index contributed by atoms with van der Waals surface area (Å²) in [6, 6.07) is 1.56. The van der Waals surface area contributed by atoms with Gasteiger partial charge in [0.2, 0.25) is 0 Å². The van der Waals surface area contributed by atoms with Gasteiger partial charge in [-0.05, 0) is 25.5 Å². The van der Waals surface area contributed by atoms with Gasteiger partial charge in [-0.3, -0.25) is 9.59 Å². The highest BCUT2D eigenvalue weighted by molar-refractivity contribution is 5.97. The second-order valence-electron chi connectivity index (χ2n) is 4.39. The van der Waals surface area contributed by atoms with E-state index in [1.54, 1.807) is 13.8 Å². The third-order valence-corrected chi connectivity index (χ3v) is 2.70. The number of nitrogen functional groups attached to an aromatic ring is 1. The van der Waals surface area contributed by atoms with Crippen molar-refractivity contribution in [2.45, 2.75) is 20.3 Å². The fraction of sp³-hybridized carbons (Fsp3) is 0.429. The Balaban J connectivity index is 3.03. The van der Waals surface area contributed by atoms with Crippen LogP contribution in [0.5, 0.6) is 0 Å². The highest BCUT2D eigenvalue weighted by atomic mass is 19.1. The Morgan fingerprint density at radius 2 is 1.95 bits per heavy atom. The van der Waals surface area contributed by atoms with Gasteiger partial charge in [0.05, 0.1) is 17.9 Å². The molecule has 0 aliphatic carbocycles. The minimum atomic E-state index is -0.994. The zero-order valence-corrected chi connectivity index (χ0v) is 12.0. The van der Waals surface area contributed by atoms with Crippen LogP contribution >= 0.6 is 0 Å². The first kappa shape index (κ1) is 16.9. The molecular formula is C14H18F2N2O3. The summed E-state index contributed by atoms with van der Waals surface area (Å²) in [6.07, 6.45) is 0.553. The molecule has 0 spiro atoms. The third kappa shape index (κ3) is 4.40. The SMILES string of the molecule is CCCN(CC(=O)OCC)C(=O)c1cc(F)cc(N)c1F. The van der Waals surface area contributed by atoms with Crippen LogP contribution in [0.25, 0.3) is 0 Å². The van der Waals surface area contributed by atoms with Gasteiger partial charge in [-0.15, -0.1) is 0 Å². The Hall–Kier alpha value is -2.18. The molecule has 21 heavy (non-hydrogen) atoms. The lowest BCUT2D eigenvalue weighted by Gasteiger charge is -2.21. The molecule has 1 amide bonds. The second-order valence-corrected chi connectivity index (χ2v) is 4.39. The highest BCUT2D eigenvalue weighted by Gasteiger charge is 2.23. The van der Waals surface area contributed by atoms with Crippen molar-refractivity contribution in [1.29, 1.82) is 0 Å². The molecule has 0 aliphatic heterocycles. The van der Waals surface area contributed by atoms with Crippen LogP contribution in [0.4, 0.5) is 14.5 Å². The van der Waals surface area contributed by atoms with E-state index in [1.165, 1.54) is 0 Å². The van der Waals surface area contributed by atoms with Crippen molar-refractivity contribution < 1.29 is 23.1 Å². The van der Waals surface area contributed by atoms with Crippen LogP contribution in [0.1, 0.15) is 30.6 Å². The van der Waals surface area contributed by atoms with Crippen molar-refractivity contribution in [3.63, 3.8) is 0 Å². The van der Waals surface area contributed by atoms with Crippen LogP contribution in [0.2, 0.25) is 0 Å². The molecule has 0 aromatic heterocycles. The maximum Gasteiger partial charge on any atom is 0.325 e. The predicted molar refractivity (Wildman–Crippen MR) is 73.6 cm³/mol. The molecule has 7 heteroatoms. The third-order valence-electron chi connectivity index (χ3n) is 2.70. The minimum Gasteiger partial charge on any atom is -0.465 e. The first-order valence-electron chi connectivity index (χ1n) is 6.60. The summed E-state index contributed by atoms with van der Waals surface area (Å²) in [5.41, 5.74) is 4.36. The number of ether oxygens (including phenoxy) is 1. The van der Waals surface area contributed by atoms with Crippen molar-refractivity contribution in [2.75, 3.05) is 25.4 Å². The molecule has 0 fully saturated rings. The molecule has 1 rings (SSSR count). The summed E-state index contributed by atoms with van der Waals surface area (Å²) in [5.74, 6) is -3.21. The van der Waals surface area contributed by atoms with Crippen LogP contribution in [-0.2, 0) is 9.53 Å². The molecule has 0 unspecified atom stereocenters. The number of carbonyl (C=O) groups excluding carboxylic acids is 2. The van der Waals surface area contributed by atoms with Gasteiger partial charge in [0.1, 0.15) is 12.4 Å². The molecule has 0 aliphatic rings. The monoisotopic (exact) mass is 300 g/mol. The molecule has 0 atom stereocenters. The molecule has 0 bridgehead atoms. The number of anilines is 1. The zero-order chi connectivity index (χ0) is 16.0. The van der Waals surface area contributed by atoms with E-state index in [1.807, 2.05) is 0 Å². The van der Waals surface area contributed by atoms with Gasteiger partial charge in [0.15, 0.2) is 5.82 Å². The maximum absolute atomic E-state index is 13.9. The van der Waals surface area contributed by atoms with E-state index in [0.29, 0.717) is 6.42 Å². The van der Waals surface area contributed by atoms with Crippen LogP contribution < -0.4 is 5.73 Å². The predicted octanol–water partition coefficient (Wildman–Crippen LogP) is 1.96. The summed E-state index contributed by atoms with van der Waals surface area (Å²) in [7, 11) is 0. The van der Waals surface area contributed by atoms with Gasteiger partial charge in [-0.1, -0.05) is 6.92 Å². The number of hydrogen-bond donors (Lipinski definition) is 1. The van der Waals surface area contributed by atoms with Crippen LogP contribution in [-0.4, -0.2) is 36.5 Å². The van der Waals surface area contributed by atoms with Crippen LogP contribution in [0, 0.1) is 11.6 Å². The Bertz CT molecular complexity index is 535. The molecule has 5 nitrogen and oxygen atoms in total. The van der Waals surface area contributed by atoms with Crippen LogP contribution in [0.15, 0.2) is 12.1 Å². The molecule has 0 heterocycles. The first-order valence-corrected chi connectivity index (χ1v) is 6.60. The Labute approximate surface area is 121 Å². The van der Waals surface area contributed by atoms with E-state index < -0.39 is 34.8 Å². The summed E-state index contributed by atoms with van der Waals surface area (Å²) >= 11 is 0. The fourth-order valence-corrected chi connectivity index (χ4v) is 1.82. The molecule has 0 saturated carbocycles. The lowest BCUT2D eigenvalue weighted by Crippen LogP contribution is -2.37. The van der Waals surface area contributed by atoms with Gasteiger partial charge < -0.3 is 15.4 Å². The average molecular weight is 300 g/mol. The van der Waals surface area contributed by atoms with E-state index in [4.69, 9.17) is 10.5 Å². The molecule has 1 aromatic carbocycles. The highest BCUT2D eigenvalue weighted by Crippen LogP contribution is 2.19. The minimum absolute atomic E-state index is 0.175. The number of esters is 1. The number of nitrogens with two attached hydrogens (primary N) is 1. The topological polar surface area (TPSA) is 72.6 Å². The fourth-order valence-electron chi connectivity index (χ4n) is 1.82. The van der Waals surface area contributed by atoms with E-state index in [2.05, 4.69) is 0 Å². The largest absolute Gasteiger partial charge is 0.465 e. The van der Waals surface area contributed by atoms with Gasteiger partial charge in [-0.2, -0.15) is 0 Å². The van der Waals surface area contributed by atoms with Crippen molar-refractivity contribution in [2.24, 2.45) is 0 Å². The van der Waals surface area contributed by atoms with E-state index in [9.17, 15) is 18.4 Å². The van der Waals surface area contributed by atoms with E-state index in [0.717, 1.165) is 17.0 Å². The summed E-state index contributed by atoms with van der Waals surface area (Å²) in [6.45, 7) is 3.50. The lowest BCUT2D eigenvalue weighted by molar-refractivity contribution is -0.143. The zero-order valence-electron chi connectivity index (χ0n) is 12.0. The summed E-state index contributed by atoms with van der Waals surface area (Å²) in [4.78, 5) is 24.8. The molecule has 0 saturated heterocycles. The van der Waals surface area contributed by atoms with Crippen molar-refractivity contribution in [3.8, 4) is 0 Å². The van der Waals surface area contributed by atoms with E-state index >= 15 is 0 Å². The molecule has 116 valence electrons. The van der Waals surface area contributed by atoms with Gasteiger partial charge in [0.25, 0.3) is 5.91 Å². The second kappa shape index (κ2) is 7.56. The number of halogens is 2. The summed E-state index contributed by atoms with van der Waals surface area (Å²) < 4.78 is 31.9. The number of hydrogen-bond acceptors (Lipinski definition) is 4. The molecule has 1 aromatic rings. The first-order chi connectivity index (χ1) is 9.90. The standard InChI is InChI=1S/C14H18F2N2O3/c1-3-5-18(8-12(19)21-4-2)14(20)10-6-9(15)7-11(17)13(10)16/h6-7H,3-5,8,17H2,1-2H3. The normalized spacial score (nSPS) is 10.3. The van der Waals surface area contributed by atoms with Crippen molar-refractivity contribution in [3.05, 3.63) is 29.3 Å². The van der Waals surface area contributed by atoms with Crippen molar-refractivity contribution in [1.82, 2.24) is 4.90 Å². The smallest absolute Gasteiger partial charge is 0.325 e. The summed E-state index contributed by atoms with van der Waals surface area (Å²) in [5, 5.41) is 0. The Morgan fingerprint density at radius 3 is 2.52 bits per heavy atom. The van der Waals surface area contributed by atoms with Crippen molar-refractivity contribution >= 4 is 17.6 Å².